The lowest BCUT2D eigenvalue weighted by Gasteiger charge is -2.61. The number of carbonyl (C=O) groups excluding carboxylic acids is 1. The third kappa shape index (κ3) is 2.99. The van der Waals surface area contributed by atoms with Crippen LogP contribution >= 0.6 is 0 Å². The van der Waals surface area contributed by atoms with Gasteiger partial charge in [0.2, 0.25) is 0 Å². The zero-order chi connectivity index (χ0) is 18.9. The first-order valence-electron chi connectivity index (χ1n) is 11.5. The molecule has 7 atom stereocenters. The summed E-state index contributed by atoms with van der Waals surface area (Å²) in [4.78, 5) is 12.2. The number of carbonyl (C=O) groups is 1. The van der Waals surface area contributed by atoms with Crippen molar-refractivity contribution >= 4 is 5.78 Å². The number of ether oxygens (including phenoxy) is 1. The van der Waals surface area contributed by atoms with Crippen molar-refractivity contribution in [3.05, 3.63) is 0 Å². The topological polar surface area (TPSA) is 26.3 Å². The summed E-state index contributed by atoms with van der Waals surface area (Å²) in [7, 11) is 1.92. The molecule has 0 aromatic rings. The second-order valence-electron chi connectivity index (χ2n) is 9.85. The summed E-state index contributed by atoms with van der Waals surface area (Å²) in [5.41, 5.74) is 0.758. The fourth-order valence-electron chi connectivity index (χ4n) is 8.29. The normalized spacial score (nSPS) is 47.0. The van der Waals surface area contributed by atoms with Crippen molar-refractivity contribution in [3.8, 4) is 0 Å². The van der Waals surface area contributed by atoms with Crippen molar-refractivity contribution in [2.45, 2.75) is 91.9 Å². The van der Waals surface area contributed by atoms with Gasteiger partial charge in [-0.05, 0) is 92.8 Å². The van der Waals surface area contributed by atoms with Crippen LogP contribution in [0.25, 0.3) is 0 Å². The van der Waals surface area contributed by atoms with Gasteiger partial charge in [0.25, 0.3) is 0 Å². The van der Waals surface area contributed by atoms with Crippen LogP contribution in [0.5, 0.6) is 0 Å². The van der Waals surface area contributed by atoms with Crippen LogP contribution in [0.4, 0.5) is 0 Å². The fourth-order valence-corrected chi connectivity index (χ4v) is 8.29. The highest BCUT2D eigenvalue weighted by atomic mass is 16.5. The third-order valence-electron chi connectivity index (χ3n) is 9.19. The highest BCUT2D eigenvalue weighted by molar-refractivity contribution is 5.79. The molecule has 0 saturated heterocycles. The Kier molecular flexibility index (Phi) is 6.22. The first-order valence-corrected chi connectivity index (χ1v) is 11.5. The summed E-state index contributed by atoms with van der Waals surface area (Å²) in [6.45, 7) is 9.29. The van der Waals surface area contributed by atoms with E-state index >= 15 is 0 Å². The molecule has 4 aliphatic carbocycles. The van der Waals surface area contributed by atoms with E-state index in [0.29, 0.717) is 22.5 Å². The van der Waals surface area contributed by atoms with Gasteiger partial charge in [-0.2, -0.15) is 0 Å². The fraction of sp³-hybridized carbons (Fsp3) is 0.958. The molecule has 0 radical (unpaired) electrons. The van der Waals surface area contributed by atoms with Crippen molar-refractivity contribution in [1.29, 1.82) is 0 Å². The standard InChI is InChI=1S/C22H36O2.C2H6/c1-15(23)18-9-10-19-17-8-7-16-6-4-5-12-22(16,14-24-3)20(17)11-13-21(18,19)2;1-2/h16-20H,4-14H2,1-3H3;1-2H3. The maximum absolute atomic E-state index is 12.2. The number of fused-ring (bicyclic) bond motifs is 5. The Bertz CT molecular complexity index is 496. The van der Waals surface area contributed by atoms with Gasteiger partial charge in [0, 0.05) is 13.0 Å². The molecule has 150 valence electrons. The number of ketones is 1. The molecule has 4 saturated carbocycles. The first kappa shape index (κ1) is 20.4. The van der Waals surface area contributed by atoms with Crippen molar-refractivity contribution in [2.24, 2.45) is 40.4 Å². The number of rotatable bonds is 3. The molecular weight excluding hydrogens is 320 g/mol. The number of Topliss-reactive ketones (excluding diaryl/α,β-unsaturated/α-hetero) is 1. The van der Waals surface area contributed by atoms with E-state index in [0.717, 1.165) is 36.7 Å². The maximum atomic E-state index is 12.2. The van der Waals surface area contributed by atoms with Crippen LogP contribution in [-0.2, 0) is 9.53 Å². The zero-order valence-corrected chi connectivity index (χ0v) is 18.0. The first-order chi connectivity index (χ1) is 12.5. The highest BCUT2D eigenvalue weighted by Gasteiger charge is 2.61. The van der Waals surface area contributed by atoms with Crippen LogP contribution in [0.1, 0.15) is 91.9 Å². The Morgan fingerprint density at radius 2 is 1.73 bits per heavy atom. The van der Waals surface area contributed by atoms with Crippen LogP contribution in [0.2, 0.25) is 0 Å². The van der Waals surface area contributed by atoms with E-state index in [4.69, 9.17) is 4.74 Å². The molecule has 2 heteroatoms. The van der Waals surface area contributed by atoms with Crippen molar-refractivity contribution in [1.82, 2.24) is 0 Å². The molecule has 26 heavy (non-hydrogen) atoms. The lowest BCUT2D eigenvalue weighted by atomic mass is 9.44. The molecule has 4 aliphatic rings. The minimum Gasteiger partial charge on any atom is -0.384 e. The monoisotopic (exact) mass is 362 g/mol. The van der Waals surface area contributed by atoms with Gasteiger partial charge in [-0.1, -0.05) is 33.6 Å². The van der Waals surface area contributed by atoms with Crippen molar-refractivity contribution < 1.29 is 9.53 Å². The zero-order valence-electron chi connectivity index (χ0n) is 18.0. The molecule has 0 aliphatic heterocycles. The van der Waals surface area contributed by atoms with Crippen LogP contribution in [-0.4, -0.2) is 19.5 Å². The van der Waals surface area contributed by atoms with Crippen LogP contribution in [0.15, 0.2) is 0 Å². The lowest BCUT2D eigenvalue weighted by molar-refractivity contribution is -0.149. The van der Waals surface area contributed by atoms with Crippen LogP contribution in [0, 0.1) is 40.4 Å². The van der Waals surface area contributed by atoms with Gasteiger partial charge in [0.15, 0.2) is 0 Å². The Labute approximate surface area is 161 Å². The molecule has 0 heterocycles. The molecule has 4 fully saturated rings. The second-order valence-corrected chi connectivity index (χ2v) is 9.85. The van der Waals surface area contributed by atoms with E-state index < -0.39 is 0 Å². The van der Waals surface area contributed by atoms with E-state index in [1.165, 1.54) is 57.8 Å². The quantitative estimate of drug-likeness (QED) is 0.591. The predicted octanol–water partition coefficient (Wildman–Crippen LogP) is 6.28. The Balaban J connectivity index is 0.000000948. The minimum absolute atomic E-state index is 0.294. The SMILES string of the molecule is CC.COCC12CCCCC1CCC1C3CCC(C(C)=O)C3(C)CCC12. The second kappa shape index (κ2) is 7.94. The highest BCUT2D eigenvalue weighted by Crippen LogP contribution is 2.67. The maximum Gasteiger partial charge on any atom is 0.133 e. The van der Waals surface area contributed by atoms with Gasteiger partial charge in [-0.3, -0.25) is 4.79 Å². The van der Waals surface area contributed by atoms with E-state index in [1.807, 2.05) is 27.9 Å². The molecule has 0 aromatic heterocycles. The molecule has 7 unspecified atom stereocenters. The molecular formula is C24H42O2. The molecule has 0 N–H and O–H groups in total. The molecule has 0 aromatic carbocycles. The summed E-state index contributed by atoms with van der Waals surface area (Å²) in [6.07, 6.45) is 13.6. The van der Waals surface area contributed by atoms with Crippen LogP contribution < -0.4 is 0 Å². The van der Waals surface area contributed by atoms with Crippen molar-refractivity contribution in [2.75, 3.05) is 13.7 Å². The average molecular weight is 363 g/mol. The smallest absolute Gasteiger partial charge is 0.133 e. The summed E-state index contributed by atoms with van der Waals surface area (Å²) < 4.78 is 5.83. The van der Waals surface area contributed by atoms with Crippen molar-refractivity contribution in [3.63, 3.8) is 0 Å². The Morgan fingerprint density at radius 1 is 0.962 bits per heavy atom. The number of methoxy groups -OCH3 is 1. The number of hydrogen-bond acceptors (Lipinski definition) is 2. The Morgan fingerprint density at radius 3 is 2.42 bits per heavy atom. The average Bonchev–Trinajstić information content (AvgIpc) is 3.01. The molecule has 2 nitrogen and oxygen atoms in total. The molecule has 0 spiro atoms. The lowest BCUT2D eigenvalue weighted by Crippen LogP contribution is -2.55. The largest absolute Gasteiger partial charge is 0.384 e. The van der Waals surface area contributed by atoms with Gasteiger partial charge in [-0.15, -0.1) is 0 Å². The van der Waals surface area contributed by atoms with E-state index in [-0.39, 0.29) is 0 Å². The predicted molar refractivity (Wildman–Crippen MR) is 108 cm³/mol. The summed E-state index contributed by atoms with van der Waals surface area (Å²) in [6, 6.07) is 0. The third-order valence-corrected chi connectivity index (χ3v) is 9.19. The minimum atomic E-state index is 0.294. The number of hydrogen-bond donors (Lipinski definition) is 0. The molecule has 4 rings (SSSR count). The van der Waals surface area contributed by atoms with Gasteiger partial charge < -0.3 is 4.74 Å². The summed E-state index contributed by atoms with van der Waals surface area (Å²) in [5.74, 6) is 4.21. The van der Waals surface area contributed by atoms with Crippen LogP contribution in [0.3, 0.4) is 0 Å². The Hall–Kier alpha value is -0.370. The summed E-state index contributed by atoms with van der Waals surface area (Å²) in [5, 5.41) is 0. The van der Waals surface area contributed by atoms with Gasteiger partial charge in [-0.25, -0.2) is 0 Å². The van der Waals surface area contributed by atoms with Gasteiger partial charge in [0.05, 0.1) is 6.61 Å². The van der Waals surface area contributed by atoms with E-state index in [2.05, 4.69) is 6.92 Å². The van der Waals surface area contributed by atoms with E-state index in [1.54, 1.807) is 0 Å². The van der Waals surface area contributed by atoms with E-state index in [9.17, 15) is 4.79 Å². The molecule has 0 amide bonds. The van der Waals surface area contributed by atoms with Gasteiger partial charge in [0.1, 0.15) is 5.78 Å². The molecule has 0 bridgehead atoms. The summed E-state index contributed by atoms with van der Waals surface area (Å²) >= 11 is 0. The van der Waals surface area contributed by atoms with Gasteiger partial charge >= 0.3 is 0 Å².